The van der Waals surface area contributed by atoms with Gasteiger partial charge in [0.15, 0.2) is 0 Å². The molecule has 0 fully saturated rings. The molecule has 27 heavy (non-hydrogen) atoms. The molecular formula is C26H22O. The van der Waals surface area contributed by atoms with Gasteiger partial charge in [-0.1, -0.05) is 61.5 Å². The third-order valence-electron chi connectivity index (χ3n) is 5.43. The summed E-state index contributed by atoms with van der Waals surface area (Å²) < 4.78 is 6.07. The first-order chi connectivity index (χ1) is 13.3. The average molecular weight is 350 g/mol. The molecule has 0 saturated carbocycles. The van der Waals surface area contributed by atoms with Crippen molar-refractivity contribution in [3.8, 4) is 11.1 Å². The largest absolute Gasteiger partial charge is 0.461 e. The Balaban J connectivity index is 1.57. The van der Waals surface area contributed by atoms with Crippen LogP contribution in [0.5, 0.6) is 0 Å². The van der Waals surface area contributed by atoms with Crippen molar-refractivity contribution in [2.75, 3.05) is 0 Å². The van der Waals surface area contributed by atoms with Crippen molar-refractivity contribution in [2.24, 2.45) is 0 Å². The molecule has 0 saturated heterocycles. The highest BCUT2D eigenvalue weighted by Gasteiger charge is 2.19. The van der Waals surface area contributed by atoms with Gasteiger partial charge in [-0.15, -0.1) is 0 Å². The molecule has 5 rings (SSSR count). The second-order valence-corrected chi connectivity index (χ2v) is 7.30. The van der Waals surface area contributed by atoms with Gasteiger partial charge < -0.3 is 4.42 Å². The summed E-state index contributed by atoms with van der Waals surface area (Å²) in [6.07, 6.45) is 5.37. The molecule has 1 heteroatoms. The number of aryl methyl sites for hydroxylation is 1. The van der Waals surface area contributed by atoms with Crippen LogP contribution in [0.2, 0.25) is 0 Å². The quantitative estimate of drug-likeness (QED) is 0.381. The number of furan rings is 1. The van der Waals surface area contributed by atoms with Crippen molar-refractivity contribution in [1.82, 2.24) is 0 Å². The van der Waals surface area contributed by atoms with E-state index >= 15 is 0 Å². The zero-order valence-electron chi connectivity index (χ0n) is 15.5. The molecule has 1 aliphatic rings. The molecule has 3 aromatic carbocycles. The van der Waals surface area contributed by atoms with E-state index in [-0.39, 0.29) is 0 Å². The maximum atomic E-state index is 6.07. The maximum absolute atomic E-state index is 6.07. The Hall–Kier alpha value is -3.06. The van der Waals surface area contributed by atoms with E-state index in [0.29, 0.717) is 0 Å². The summed E-state index contributed by atoms with van der Waals surface area (Å²) in [6, 6.07) is 26.2. The van der Waals surface area contributed by atoms with Crippen LogP contribution in [-0.2, 0) is 12.8 Å². The van der Waals surface area contributed by atoms with Gasteiger partial charge in [-0.05, 0) is 69.3 Å². The minimum Gasteiger partial charge on any atom is -0.461 e. The van der Waals surface area contributed by atoms with Gasteiger partial charge in [-0.3, -0.25) is 0 Å². The van der Waals surface area contributed by atoms with Crippen LogP contribution in [0.25, 0.3) is 33.5 Å². The van der Waals surface area contributed by atoms with Gasteiger partial charge in [-0.2, -0.15) is 0 Å². The Morgan fingerprint density at radius 1 is 0.852 bits per heavy atom. The highest BCUT2D eigenvalue weighted by molar-refractivity contribution is 5.95. The van der Waals surface area contributed by atoms with E-state index < -0.39 is 0 Å². The monoisotopic (exact) mass is 350 g/mol. The summed E-state index contributed by atoms with van der Waals surface area (Å²) in [4.78, 5) is 0. The van der Waals surface area contributed by atoms with Gasteiger partial charge in [0.1, 0.15) is 11.5 Å². The topological polar surface area (TPSA) is 13.1 Å². The molecule has 0 atom stereocenters. The zero-order chi connectivity index (χ0) is 18.2. The molecule has 1 aliphatic carbocycles. The van der Waals surface area contributed by atoms with Crippen LogP contribution in [0.1, 0.15) is 36.0 Å². The van der Waals surface area contributed by atoms with E-state index in [2.05, 4.69) is 85.8 Å². The molecule has 1 aromatic heterocycles. The lowest BCUT2D eigenvalue weighted by Gasteiger charge is -2.09. The number of rotatable bonds is 4. The first-order valence-corrected chi connectivity index (χ1v) is 9.72. The minimum atomic E-state index is 0.940. The lowest BCUT2D eigenvalue weighted by Crippen LogP contribution is -1.87. The van der Waals surface area contributed by atoms with Gasteiger partial charge in [-0.25, -0.2) is 0 Å². The Morgan fingerprint density at radius 2 is 1.74 bits per heavy atom. The van der Waals surface area contributed by atoms with Crippen LogP contribution < -0.4 is 0 Å². The van der Waals surface area contributed by atoms with Gasteiger partial charge >= 0.3 is 0 Å². The van der Waals surface area contributed by atoms with Crippen LogP contribution in [0, 0.1) is 0 Å². The molecule has 0 N–H and O–H groups in total. The van der Waals surface area contributed by atoms with E-state index in [0.717, 1.165) is 30.8 Å². The second kappa shape index (κ2) is 6.59. The normalized spacial score (nSPS) is 13.0. The standard InChI is InChI=1S/C26H22O/c1-2-6-23-13-14-26(27-23)22-16-20-9-5-10-24(25(20)17-22)21-12-11-18-7-3-4-8-19(18)15-21/h3-5,7-15,17H,2,6,16H2,1H3. The fourth-order valence-corrected chi connectivity index (χ4v) is 4.07. The fraction of sp³-hybridized carbons (Fsp3) is 0.154. The molecule has 132 valence electrons. The predicted molar refractivity (Wildman–Crippen MR) is 114 cm³/mol. The Kier molecular flexibility index (Phi) is 3.94. The van der Waals surface area contributed by atoms with Gasteiger partial charge in [0.2, 0.25) is 0 Å². The van der Waals surface area contributed by atoms with Crippen LogP contribution in [0.15, 0.2) is 77.2 Å². The van der Waals surface area contributed by atoms with Crippen molar-refractivity contribution >= 4 is 22.4 Å². The number of fused-ring (bicyclic) bond motifs is 2. The van der Waals surface area contributed by atoms with E-state index in [9.17, 15) is 0 Å². The Bertz CT molecular complexity index is 1160. The third-order valence-corrected chi connectivity index (χ3v) is 5.43. The second-order valence-electron chi connectivity index (χ2n) is 7.30. The molecule has 0 unspecified atom stereocenters. The SMILES string of the molecule is CCCc1ccc(C2=Cc3c(cccc3-c3ccc4ccccc4c3)C2)o1. The average Bonchev–Trinajstić information content (AvgIpc) is 3.34. The molecule has 0 bridgehead atoms. The summed E-state index contributed by atoms with van der Waals surface area (Å²) in [7, 11) is 0. The number of hydrogen-bond donors (Lipinski definition) is 0. The smallest absolute Gasteiger partial charge is 0.130 e. The summed E-state index contributed by atoms with van der Waals surface area (Å²) in [5.74, 6) is 2.10. The fourth-order valence-electron chi connectivity index (χ4n) is 4.07. The maximum Gasteiger partial charge on any atom is 0.130 e. The highest BCUT2D eigenvalue weighted by atomic mass is 16.3. The van der Waals surface area contributed by atoms with Crippen molar-refractivity contribution in [1.29, 1.82) is 0 Å². The van der Waals surface area contributed by atoms with Gasteiger partial charge in [0.25, 0.3) is 0 Å². The van der Waals surface area contributed by atoms with Crippen molar-refractivity contribution in [2.45, 2.75) is 26.2 Å². The van der Waals surface area contributed by atoms with E-state index in [1.807, 2.05) is 0 Å². The molecule has 0 spiro atoms. The summed E-state index contributed by atoms with van der Waals surface area (Å²) in [6.45, 7) is 2.18. The van der Waals surface area contributed by atoms with Crippen molar-refractivity contribution < 1.29 is 4.42 Å². The third kappa shape index (κ3) is 2.90. The van der Waals surface area contributed by atoms with Crippen molar-refractivity contribution in [3.63, 3.8) is 0 Å². The first-order valence-electron chi connectivity index (χ1n) is 9.72. The van der Waals surface area contributed by atoms with Crippen LogP contribution in [0.4, 0.5) is 0 Å². The van der Waals surface area contributed by atoms with Crippen LogP contribution in [0.3, 0.4) is 0 Å². The predicted octanol–water partition coefficient (Wildman–Crippen LogP) is 7.15. The molecule has 4 aromatic rings. The summed E-state index contributed by atoms with van der Waals surface area (Å²) >= 11 is 0. The Labute approximate surface area is 160 Å². The minimum absolute atomic E-state index is 0.940. The summed E-state index contributed by atoms with van der Waals surface area (Å²) in [5.41, 5.74) is 6.56. The van der Waals surface area contributed by atoms with E-state index in [1.165, 1.54) is 38.6 Å². The number of allylic oxidation sites excluding steroid dienone is 1. The zero-order valence-corrected chi connectivity index (χ0v) is 15.5. The molecule has 0 aliphatic heterocycles. The van der Waals surface area contributed by atoms with E-state index in [4.69, 9.17) is 4.42 Å². The summed E-state index contributed by atoms with van der Waals surface area (Å²) in [5, 5.41) is 2.56. The molecule has 1 heterocycles. The van der Waals surface area contributed by atoms with Gasteiger partial charge in [0, 0.05) is 12.8 Å². The molecule has 0 radical (unpaired) electrons. The first kappa shape index (κ1) is 16.1. The lowest BCUT2D eigenvalue weighted by molar-refractivity contribution is 0.495. The molecule has 0 amide bonds. The highest BCUT2D eigenvalue weighted by Crippen LogP contribution is 2.38. The van der Waals surface area contributed by atoms with Crippen molar-refractivity contribution in [3.05, 3.63) is 95.4 Å². The molecular weight excluding hydrogens is 328 g/mol. The number of hydrogen-bond acceptors (Lipinski definition) is 1. The molecule has 1 nitrogen and oxygen atoms in total. The lowest BCUT2D eigenvalue weighted by atomic mass is 9.95. The van der Waals surface area contributed by atoms with E-state index in [1.54, 1.807) is 0 Å². The Morgan fingerprint density at radius 3 is 2.63 bits per heavy atom. The van der Waals surface area contributed by atoms with Crippen LogP contribution in [-0.4, -0.2) is 0 Å². The van der Waals surface area contributed by atoms with Crippen LogP contribution >= 0.6 is 0 Å². The van der Waals surface area contributed by atoms with Gasteiger partial charge in [0.05, 0.1) is 0 Å². The number of benzene rings is 3.